The first-order chi connectivity index (χ1) is 8.44. The molecule has 0 aliphatic heterocycles. The van der Waals surface area contributed by atoms with Gasteiger partial charge >= 0.3 is 0 Å². The minimum Gasteiger partial charge on any atom is -0.386 e. The Kier molecular flexibility index (Phi) is 4.68. The Balaban J connectivity index is 1.68. The molecule has 2 N–H and O–H groups in total. The van der Waals surface area contributed by atoms with Crippen LogP contribution in [-0.4, -0.2) is 36.0 Å². The minimum atomic E-state index is -0.730. The van der Waals surface area contributed by atoms with Crippen molar-refractivity contribution in [2.75, 3.05) is 13.2 Å². The van der Waals surface area contributed by atoms with Crippen molar-refractivity contribution < 1.29 is 9.84 Å². The van der Waals surface area contributed by atoms with Gasteiger partial charge in [-0.2, -0.15) is 0 Å². The quantitative estimate of drug-likeness (QED) is 0.765. The summed E-state index contributed by atoms with van der Waals surface area (Å²) in [5.74, 6) is 1.52. The highest BCUT2D eigenvalue weighted by Gasteiger charge is 2.29. The normalized spacial score (nSPS) is 36.3. The van der Waals surface area contributed by atoms with Gasteiger partial charge < -0.3 is 15.2 Å². The van der Waals surface area contributed by atoms with Gasteiger partial charge in [-0.05, 0) is 50.9 Å². The van der Waals surface area contributed by atoms with Crippen LogP contribution in [0.25, 0.3) is 0 Å². The largest absolute Gasteiger partial charge is 0.386 e. The summed E-state index contributed by atoms with van der Waals surface area (Å²) in [7, 11) is 0. The first-order valence-corrected chi connectivity index (χ1v) is 7.52. The molecule has 2 aliphatic carbocycles. The van der Waals surface area contributed by atoms with Crippen LogP contribution >= 0.6 is 0 Å². The van der Waals surface area contributed by atoms with Gasteiger partial charge in [-0.15, -0.1) is 0 Å². The van der Waals surface area contributed by atoms with Gasteiger partial charge in [-0.3, -0.25) is 0 Å². The van der Waals surface area contributed by atoms with E-state index in [1.165, 1.54) is 19.3 Å². The average molecular weight is 255 g/mol. The molecule has 0 aromatic rings. The molecule has 0 saturated heterocycles. The third-order valence-corrected chi connectivity index (χ3v) is 4.11. The number of nitrogens with one attached hydrogen (secondary N) is 1. The smallest absolute Gasteiger partial charge is 0.0975 e. The summed E-state index contributed by atoms with van der Waals surface area (Å²) in [5.41, 5.74) is -0.730. The molecule has 0 spiro atoms. The van der Waals surface area contributed by atoms with Gasteiger partial charge in [-0.1, -0.05) is 13.8 Å². The number of aliphatic hydroxyl groups is 1. The molecule has 3 atom stereocenters. The Morgan fingerprint density at radius 3 is 2.33 bits per heavy atom. The lowest BCUT2D eigenvalue weighted by Gasteiger charge is -2.33. The van der Waals surface area contributed by atoms with Gasteiger partial charge in [0.1, 0.15) is 0 Å². The van der Waals surface area contributed by atoms with Crippen LogP contribution in [0.3, 0.4) is 0 Å². The van der Waals surface area contributed by atoms with Crippen molar-refractivity contribution in [3.05, 3.63) is 0 Å². The second kappa shape index (κ2) is 5.89. The van der Waals surface area contributed by atoms with Crippen LogP contribution in [0.1, 0.15) is 52.9 Å². The van der Waals surface area contributed by atoms with Crippen LogP contribution in [0.15, 0.2) is 0 Å². The highest BCUT2D eigenvalue weighted by molar-refractivity contribution is 4.86. The number of hydrogen-bond acceptors (Lipinski definition) is 3. The number of ether oxygens (including phenoxy) is 1. The van der Waals surface area contributed by atoms with Crippen molar-refractivity contribution in [3.8, 4) is 0 Å². The third-order valence-electron chi connectivity index (χ3n) is 4.11. The standard InChI is InChI=1S/C15H29NO2/c1-11-6-12(2)8-14(7-11)18-10-15(3,17)9-16-13-4-5-13/h11-14,16-17H,4-10H2,1-3H3. The van der Waals surface area contributed by atoms with Crippen molar-refractivity contribution in [2.45, 2.75) is 70.6 Å². The van der Waals surface area contributed by atoms with E-state index in [4.69, 9.17) is 4.74 Å². The van der Waals surface area contributed by atoms with Gasteiger partial charge in [0.05, 0.1) is 18.3 Å². The van der Waals surface area contributed by atoms with Gasteiger partial charge in [0.25, 0.3) is 0 Å². The lowest BCUT2D eigenvalue weighted by atomic mass is 9.82. The summed E-state index contributed by atoms with van der Waals surface area (Å²) in [6.45, 7) is 7.59. The lowest BCUT2D eigenvalue weighted by Crippen LogP contribution is -2.44. The topological polar surface area (TPSA) is 41.5 Å². The second-order valence-electron chi connectivity index (χ2n) is 7.00. The fourth-order valence-corrected chi connectivity index (χ4v) is 3.01. The Hall–Kier alpha value is -0.120. The van der Waals surface area contributed by atoms with Crippen molar-refractivity contribution >= 4 is 0 Å². The summed E-state index contributed by atoms with van der Waals surface area (Å²) >= 11 is 0. The van der Waals surface area contributed by atoms with E-state index < -0.39 is 5.60 Å². The predicted octanol–water partition coefficient (Wildman–Crippen LogP) is 2.33. The molecular weight excluding hydrogens is 226 g/mol. The van der Waals surface area contributed by atoms with Gasteiger partial charge in [0.2, 0.25) is 0 Å². The Morgan fingerprint density at radius 2 is 1.78 bits per heavy atom. The van der Waals surface area contributed by atoms with E-state index in [-0.39, 0.29) is 0 Å². The molecule has 3 heteroatoms. The molecule has 0 aromatic carbocycles. The summed E-state index contributed by atoms with van der Waals surface area (Å²) in [6, 6.07) is 0.645. The maximum Gasteiger partial charge on any atom is 0.0975 e. The Labute approximate surface area is 111 Å². The first kappa shape index (κ1) is 14.3. The molecule has 3 unspecified atom stereocenters. The van der Waals surface area contributed by atoms with E-state index >= 15 is 0 Å². The summed E-state index contributed by atoms with van der Waals surface area (Å²) in [4.78, 5) is 0. The zero-order chi connectivity index (χ0) is 13.2. The molecule has 2 fully saturated rings. The van der Waals surface area contributed by atoms with Crippen molar-refractivity contribution in [3.63, 3.8) is 0 Å². The van der Waals surface area contributed by atoms with Gasteiger partial charge in [0, 0.05) is 12.6 Å². The second-order valence-corrected chi connectivity index (χ2v) is 7.00. The Morgan fingerprint density at radius 1 is 1.17 bits per heavy atom. The van der Waals surface area contributed by atoms with Crippen LogP contribution in [0, 0.1) is 11.8 Å². The van der Waals surface area contributed by atoms with E-state index in [1.54, 1.807) is 0 Å². The molecular formula is C15H29NO2. The fraction of sp³-hybridized carbons (Fsp3) is 1.00. The molecule has 0 heterocycles. The predicted molar refractivity (Wildman–Crippen MR) is 73.6 cm³/mol. The molecule has 3 nitrogen and oxygen atoms in total. The minimum absolute atomic E-state index is 0.344. The maximum absolute atomic E-state index is 10.3. The van der Waals surface area contributed by atoms with E-state index in [0.717, 1.165) is 24.7 Å². The number of rotatable bonds is 6. The summed E-state index contributed by atoms with van der Waals surface area (Å²) in [5, 5.41) is 13.6. The average Bonchev–Trinajstić information content (AvgIpc) is 3.07. The zero-order valence-corrected chi connectivity index (χ0v) is 12.1. The third kappa shape index (κ3) is 4.87. The molecule has 0 amide bonds. The Bertz CT molecular complexity index is 253. The van der Waals surface area contributed by atoms with Gasteiger partial charge in [-0.25, -0.2) is 0 Å². The summed E-state index contributed by atoms with van der Waals surface area (Å²) < 4.78 is 5.95. The molecule has 0 aromatic heterocycles. The van der Waals surface area contributed by atoms with E-state index in [2.05, 4.69) is 19.2 Å². The van der Waals surface area contributed by atoms with E-state index in [9.17, 15) is 5.11 Å². The van der Waals surface area contributed by atoms with Crippen LogP contribution in [0.4, 0.5) is 0 Å². The lowest BCUT2D eigenvalue weighted by molar-refractivity contribution is -0.0804. The SMILES string of the molecule is CC1CC(C)CC(OCC(C)(O)CNC2CC2)C1. The molecule has 0 radical (unpaired) electrons. The highest BCUT2D eigenvalue weighted by Crippen LogP contribution is 2.30. The van der Waals surface area contributed by atoms with E-state index in [0.29, 0.717) is 25.3 Å². The molecule has 2 aliphatic rings. The first-order valence-electron chi connectivity index (χ1n) is 7.52. The van der Waals surface area contributed by atoms with E-state index in [1.807, 2.05) is 6.92 Å². The summed E-state index contributed by atoms with van der Waals surface area (Å²) in [6.07, 6.45) is 6.48. The fourth-order valence-electron chi connectivity index (χ4n) is 3.01. The molecule has 0 bridgehead atoms. The highest BCUT2D eigenvalue weighted by atomic mass is 16.5. The molecule has 2 saturated carbocycles. The monoisotopic (exact) mass is 255 g/mol. The number of hydrogen-bond donors (Lipinski definition) is 2. The molecule has 2 rings (SSSR count). The van der Waals surface area contributed by atoms with Crippen LogP contribution < -0.4 is 5.32 Å². The zero-order valence-electron chi connectivity index (χ0n) is 12.1. The molecule has 106 valence electrons. The van der Waals surface area contributed by atoms with Gasteiger partial charge in [0.15, 0.2) is 0 Å². The van der Waals surface area contributed by atoms with Crippen molar-refractivity contribution in [1.82, 2.24) is 5.32 Å². The van der Waals surface area contributed by atoms with Crippen LogP contribution in [-0.2, 0) is 4.74 Å². The van der Waals surface area contributed by atoms with Crippen LogP contribution in [0.5, 0.6) is 0 Å². The molecule has 18 heavy (non-hydrogen) atoms. The van der Waals surface area contributed by atoms with Crippen LogP contribution in [0.2, 0.25) is 0 Å². The maximum atomic E-state index is 10.3. The van der Waals surface area contributed by atoms with Crippen molar-refractivity contribution in [2.24, 2.45) is 11.8 Å². The van der Waals surface area contributed by atoms with Crippen molar-refractivity contribution in [1.29, 1.82) is 0 Å².